The molecule has 6 aromatic rings. The molecule has 0 bridgehead atoms. The summed E-state index contributed by atoms with van der Waals surface area (Å²) in [6.45, 7) is -0.00292. The number of para-hydroxylation sites is 2. The van der Waals surface area contributed by atoms with Crippen LogP contribution in [0.2, 0.25) is 0 Å². The molecule has 0 saturated heterocycles. The molecule has 4 heteroatoms. The van der Waals surface area contributed by atoms with Crippen molar-refractivity contribution in [1.82, 2.24) is 0 Å². The standard InChI is InChI=1S/C38H30BN3/c1-40-33-19-11-9-17-31(33)39(32-18-10-12-20-34(32)40)42-37-25-29(27-13-5-3-6-14-27)21-23-35(37)41(2)36-24-22-30(26-38(36)42)28-15-7-4-8-16-28/h3-26H,1-2H3. The smallest absolute Gasteiger partial charge is 0.332 e. The van der Waals surface area contributed by atoms with Gasteiger partial charge in [0.15, 0.2) is 0 Å². The van der Waals surface area contributed by atoms with Gasteiger partial charge in [0.2, 0.25) is 0 Å². The zero-order valence-electron chi connectivity index (χ0n) is 23.8. The predicted molar refractivity (Wildman–Crippen MR) is 180 cm³/mol. The Labute approximate surface area is 248 Å². The summed E-state index contributed by atoms with van der Waals surface area (Å²) >= 11 is 0. The van der Waals surface area contributed by atoms with E-state index < -0.39 is 0 Å². The Morgan fingerprint density at radius 3 is 1.24 bits per heavy atom. The number of anilines is 6. The summed E-state index contributed by atoms with van der Waals surface area (Å²) in [5.41, 5.74) is 14.7. The summed E-state index contributed by atoms with van der Waals surface area (Å²) in [7, 11) is 4.37. The van der Waals surface area contributed by atoms with Crippen LogP contribution < -0.4 is 25.5 Å². The van der Waals surface area contributed by atoms with Crippen LogP contribution in [0.5, 0.6) is 0 Å². The highest BCUT2D eigenvalue weighted by Crippen LogP contribution is 2.50. The van der Waals surface area contributed by atoms with Gasteiger partial charge in [-0.05, 0) is 69.6 Å². The molecule has 0 aromatic heterocycles. The normalized spacial score (nSPS) is 13.3. The molecular formula is C38H30BN3. The molecule has 2 aliphatic heterocycles. The summed E-state index contributed by atoms with van der Waals surface area (Å²) in [4.78, 5) is 7.27. The van der Waals surface area contributed by atoms with Crippen molar-refractivity contribution < 1.29 is 0 Å². The SMILES string of the molecule is CN1c2ccccc2B(N2c3cc(-c4ccccc4)ccc3N(C)c3ccc(-c4ccccc4)cc32)c2ccccc21. The average molecular weight is 539 g/mol. The van der Waals surface area contributed by atoms with Gasteiger partial charge in [-0.2, -0.15) is 0 Å². The van der Waals surface area contributed by atoms with Crippen molar-refractivity contribution in [3.8, 4) is 22.3 Å². The largest absolute Gasteiger partial charge is 0.373 e. The van der Waals surface area contributed by atoms with Gasteiger partial charge in [-0.1, -0.05) is 109 Å². The minimum absolute atomic E-state index is 0.00292. The van der Waals surface area contributed by atoms with Crippen LogP contribution in [0.1, 0.15) is 0 Å². The molecule has 2 heterocycles. The van der Waals surface area contributed by atoms with E-state index in [1.54, 1.807) is 0 Å². The lowest BCUT2D eigenvalue weighted by Gasteiger charge is -2.45. The predicted octanol–water partition coefficient (Wildman–Crippen LogP) is 8.13. The molecule has 0 spiro atoms. The molecule has 0 fully saturated rings. The van der Waals surface area contributed by atoms with E-state index in [9.17, 15) is 0 Å². The maximum atomic E-state index is 2.59. The second-order valence-corrected chi connectivity index (χ2v) is 11.1. The third kappa shape index (κ3) is 3.76. The first kappa shape index (κ1) is 24.6. The Balaban J connectivity index is 1.43. The molecule has 6 aromatic carbocycles. The van der Waals surface area contributed by atoms with Crippen molar-refractivity contribution in [2.75, 3.05) is 28.7 Å². The Kier molecular flexibility index (Phi) is 5.68. The van der Waals surface area contributed by atoms with E-state index in [4.69, 9.17) is 0 Å². The molecule has 42 heavy (non-hydrogen) atoms. The monoisotopic (exact) mass is 539 g/mol. The van der Waals surface area contributed by atoms with Gasteiger partial charge < -0.3 is 14.6 Å². The van der Waals surface area contributed by atoms with E-state index in [0.29, 0.717) is 0 Å². The van der Waals surface area contributed by atoms with Crippen LogP contribution in [0.15, 0.2) is 146 Å². The van der Waals surface area contributed by atoms with E-state index in [2.05, 4.69) is 174 Å². The van der Waals surface area contributed by atoms with Crippen LogP contribution in [-0.2, 0) is 0 Å². The first-order chi connectivity index (χ1) is 20.7. The average Bonchev–Trinajstić information content (AvgIpc) is 3.06. The lowest BCUT2D eigenvalue weighted by molar-refractivity contribution is 1.15. The van der Waals surface area contributed by atoms with E-state index in [1.165, 1.54) is 67.3 Å². The van der Waals surface area contributed by atoms with E-state index in [-0.39, 0.29) is 6.85 Å². The fourth-order valence-corrected chi connectivity index (χ4v) is 6.78. The molecule has 200 valence electrons. The summed E-state index contributed by atoms with van der Waals surface area (Å²) in [5.74, 6) is 0. The topological polar surface area (TPSA) is 9.72 Å². The maximum absolute atomic E-state index is 2.59. The third-order valence-electron chi connectivity index (χ3n) is 8.85. The van der Waals surface area contributed by atoms with Crippen LogP contribution in [-0.4, -0.2) is 20.9 Å². The maximum Gasteiger partial charge on any atom is 0.332 e. The van der Waals surface area contributed by atoms with Crippen molar-refractivity contribution in [1.29, 1.82) is 0 Å². The third-order valence-corrected chi connectivity index (χ3v) is 8.85. The van der Waals surface area contributed by atoms with Gasteiger partial charge in [0.05, 0.1) is 22.7 Å². The van der Waals surface area contributed by atoms with Crippen molar-refractivity contribution in [2.45, 2.75) is 0 Å². The molecule has 0 unspecified atom stereocenters. The minimum atomic E-state index is -0.00292. The fraction of sp³-hybridized carbons (Fsp3) is 0.0526. The van der Waals surface area contributed by atoms with Crippen molar-refractivity contribution in [3.05, 3.63) is 146 Å². The highest BCUT2D eigenvalue weighted by molar-refractivity contribution is 6.92. The van der Waals surface area contributed by atoms with E-state index >= 15 is 0 Å². The molecule has 2 aliphatic rings. The van der Waals surface area contributed by atoms with Gasteiger partial charge in [-0.3, -0.25) is 0 Å². The molecule has 0 aliphatic carbocycles. The summed E-state index contributed by atoms with van der Waals surface area (Å²) < 4.78 is 0. The second kappa shape index (κ2) is 9.71. The first-order valence-electron chi connectivity index (χ1n) is 14.5. The number of hydrogen-bond acceptors (Lipinski definition) is 3. The van der Waals surface area contributed by atoms with E-state index in [1.807, 2.05) is 0 Å². The summed E-state index contributed by atoms with van der Waals surface area (Å²) in [5, 5.41) is 0. The number of benzene rings is 6. The van der Waals surface area contributed by atoms with Crippen LogP contribution in [0.4, 0.5) is 34.1 Å². The molecule has 0 saturated carbocycles. The second-order valence-electron chi connectivity index (χ2n) is 11.1. The van der Waals surface area contributed by atoms with Gasteiger partial charge in [-0.25, -0.2) is 0 Å². The molecule has 3 nitrogen and oxygen atoms in total. The van der Waals surface area contributed by atoms with Crippen LogP contribution in [0.25, 0.3) is 22.3 Å². The highest BCUT2D eigenvalue weighted by atomic mass is 15.2. The van der Waals surface area contributed by atoms with Crippen LogP contribution in [0, 0.1) is 0 Å². The van der Waals surface area contributed by atoms with Gasteiger partial charge in [0.25, 0.3) is 0 Å². The number of hydrogen-bond donors (Lipinski definition) is 0. The quantitative estimate of drug-likeness (QED) is 0.210. The summed E-state index contributed by atoms with van der Waals surface area (Å²) in [6.07, 6.45) is 0. The molecule has 0 atom stereocenters. The first-order valence-corrected chi connectivity index (χ1v) is 14.5. The van der Waals surface area contributed by atoms with Crippen molar-refractivity contribution >= 4 is 51.9 Å². The summed E-state index contributed by atoms with van der Waals surface area (Å²) in [6, 6.07) is 53.0. The lowest BCUT2D eigenvalue weighted by atomic mass is 9.46. The Morgan fingerprint density at radius 2 is 0.762 bits per heavy atom. The van der Waals surface area contributed by atoms with Crippen molar-refractivity contribution in [2.24, 2.45) is 0 Å². The van der Waals surface area contributed by atoms with Gasteiger partial charge in [0, 0.05) is 25.5 Å². The van der Waals surface area contributed by atoms with Crippen molar-refractivity contribution in [3.63, 3.8) is 0 Å². The highest BCUT2D eigenvalue weighted by Gasteiger charge is 2.41. The molecule has 0 N–H and O–H groups in total. The zero-order valence-corrected chi connectivity index (χ0v) is 23.8. The minimum Gasteiger partial charge on any atom is -0.373 e. The van der Waals surface area contributed by atoms with Gasteiger partial charge >= 0.3 is 6.85 Å². The Hall–Kier alpha value is -5.22. The zero-order chi connectivity index (χ0) is 28.2. The number of rotatable bonds is 3. The molecular weight excluding hydrogens is 509 g/mol. The van der Waals surface area contributed by atoms with E-state index in [0.717, 1.165) is 0 Å². The molecule has 0 amide bonds. The fourth-order valence-electron chi connectivity index (χ4n) is 6.78. The Bertz CT molecular complexity index is 1800. The Morgan fingerprint density at radius 1 is 0.357 bits per heavy atom. The number of fused-ring (bicyclic) bond motifs is 4. The molecule has 8 rings (SSSR count). The lowest BCUT2D eigenvalue weighted by Crippen LogP contribution is -2.60. The van der Waals surface area contributed by atoms with Crippen LogP contribution >= 0.6 is 0 Å². The molecule has 0 radical (unpaired) electrons. The van der Waals surface area contributed by atoms with Gasteiger partial charge in [0.1, 0.15) is 0 Å². The van der Waals surface area contributed by atoms with Crippen LogP contribution in [0.3, 0.4) is 0 Å². The number of nitrogens with zero attached hydrogens (tertiary/aromatic N) is 3. The van der Waals surface area contributed by atoms with Gasteiger partial charge in [-0.15, -0.1) is 0 Å².